The van der Waals surface area contributed by atoms with Crippen molar-refractivity contribution in [2.24, 2.45) is 0 Å². The van der Waals surface area contributed by atoms with E-state index in [1.807, 2.05) is 12.1 Å². The summed E-state index contributed by atoms with van der Waals surface area (Å²) < 4.78 is 27.2. The number of carbonyl (C=O) groups is 1. The number of benzene rings is 2. The molecule has 142 valence electrons. The fraction of sp³-hybridized carbons (Fsp3) is 0.278. The van der Waals surface area contributed by atoms with E-state index in [0.29, 0.717) is 18.5 Å². The van der Waals surface area contributed by atoms with E-state index < -0.39 is 20.6 Å². The average molecular weight is 389 g/mol. The highest BCUT2D eigenvalue weighted by Gasteiger charge is 2.24. The molecule has 1 heterocycles. The standard InChI is InChI=1S/C18H19N3O5S/c22-18-6-3-11-20(18)13-15-9-7-14(8-10-15)12-19-27(25,26)17-5-2-1-4-16(17)21(23)24/h1-2,4-5,7-10,19H,3,6,11-13H2. The van der Waals surface area contributed by atoms with Crippen molar-refractivity contribution in [1.82, 2.24) is 9.62 Å². The van der Waals surface area contributed by atoms with E-state index >= 15 is 0 Å². The van der Waals surface area contributed by atoms with Crippen LogP contribution in [0, 0.1) is 10.1 Å². The van der Waals surface area contributed by atoms with E-state index in [4.69, 9.17) is 0 Å². The van der Waals surface area contributed by atoms with Crippen molar-refractivity contribution in [2.75, 3.05) is 6.54 Å². The number of para-hydroxylation sites is 1. The number of nitrogens with zero attached hydrogens (tertiary/aromatic N) is 2. The summed E-state index contributed by atoms with van der Waals surface area (Å²) in [6.07, 6.45) is 1.47. The third-order valence-electron chi connectivity index (χ3n) is 4.39. The second kappa shape index (κ2) is 7.85. The largest absolute Gasteiger partial charge is 0.338 e. The van der Waals surface area contributed by atoms with Crippen molar-refractivity contribution < 1.29 is 18.1 Å². The van der Waals surface area contributed by atoms with Crippen LogP contribution in [-0.2, 0) is 27.9 Å². The van der Waals surface area contributed by atoms with Gasteiger partial charge in [-0.25, -0.2) is 13.1 Å². The Labute approximate surface area is 157 Å². The van der Waals surface area contributed by atoms with Crippen LogP contribution < -0.4 is 4.72 Å². The zero-order valence-electron chi connectivity index (χ0n) is 14.5. The number of rotatable bonds is 7. The molecular weight excluding hydrogens is 370 g/mol. The minimum atomic E-state index is -4.01. The van der Waals surface area contributed by atoms with Crippen LogP contribution >= 0.6 is 0 Å². The SMILES string of the molecule is O=C1CCCN1Cc1ccc(CNS(=O)(=O)c2ccccc2[N+](=O)[O-])cc1. The molecule has 0 aliphatic carbocycles. The van der Waals surface area contributed by atoms with Gasteiger partial charge in [-0.2, -0.15) is 0 Å². The Bertz CT molecular complexity index is 957. The summed E-state index contributed by atoms with van der Waals surface area (Å²) in [4.78, 5) is 23.4. The van der Waals surface area contributed by atoms with Gasteiger partial charge in [-0.15, -0.1) is 0 Å². The molecule has 0 bridgehead atoms. The first kappa shape index (κ1) is 19.0. The fourth-order valence-corrected chi connectivity index (χ4v) is 4.13. The lowest BCUT2D eigenvalue weighted by Crippen LogP contribution is -2.24. The zero-order valence-corrected chi connectivity index (χ0v) is 15.3. The quantitative estimate of drug-likeness (QED) is 0.577. The van der Waals surface area contributed by atoms with Gasteiger partial charge in [0.15, 0.2) is 4.90 Å². The molecule has 0 atom stereocenters. The minimum absolute atomic E-state index is 0.0112. The number of sulfonamides is 1. The second-order valence-electron chi connectivity index (χ2n) is 6.28. The average Bonchev–Trinajstić information content (AvgIpc) is 3.06. The summed E-state index contributed by atoms with van der Waals surface area (Å²) in [6, 6.07) is 12.5. The fourth-order valence-electron chi connectivity index (χ4n) is 2.95. The molecule has 1 aliphatic heterocycles. The van der Waals surface area contributed by atoms with Gasteiger partial charge < -0.3 is 4.90 Å². The Morgan fingerprint density at radius 3 is 2.37 bits per heavy atom. The minimum Gasteiger partial charge on any atom is -0.338 e. The van der Waals surface area contributed by atoms with E-state index in [2.05, 4.69) is 4.72 Å². The first-order valence-electron chi connectivity index (χ1n) is 8.45. The van der Waals surface area contributed by atoms with Gasteiger partial charge in [-0.1, -0.05) is 36.4 Å². The van der Waals surface area contributed by atoms with Crippen molar-refractivity contribution >= 4 is 21.6 Å². The molecule has 2 aromatic carbocycles. The number of carbonyl (C=O) groups excluding carboxylic acids is 1. The molecule has 0 radical (unpaired) electrons. The molecule has 1 aliphatic rings. The first-order valence-corrected chi connectivity index (χ1v) is 9.94. The van der Waals surface area contributed by atoms with Gasteiger partial charge >= 0.3 is 0 Å². The van der Waals surface area contributed by atoms with E-state index in [1.165, 1.54) is 18.2 Å². The van der Waals surface area contributed by atoms with Crippen molar-refractivity contribution in [1.29, 1.82) is 0 Å². The summed E-state index contributed by atoms with van der Waals surface area (Å²) in [7, 11) is -4.01. The van der Waals surface area contributed by atoms with E-state index in [1.54, 1.807) is 17.0 Å². The molecule has 27 heavy (non-hydrogen) atoms. The van der Waals surface area contributed by atoms with Crippen molar-refractivity contribution in [2.45, 2.75) is 30.8 Å². The number of nitro benzene ring substituents is 1. The predicted octanol–water partition coefficient (Wildman–Crippen LogP) is 2.20. The van der Waals surface area contributed by atoms with Gasteiger partial charge in [0.05, 0.1) is 4.92 Å². The van der Waals surface area contributed by atoms with Crippen molar-refractivity contribution in [3.8, 4) is 0 Å². The monoisotopic (exact) mass is 389 g/mol. The molecule has 0 spiro atoms. The molecular formula is C18H19N3O5S. The van der Waals surface area contributed by atoms with Gasteiger partial charge in [0.1, 0.15) is 0 Å². The summed E-state index contributed by atoms with van der Waals surface area (Å²) >= 11 is 0. The number of likely N-dealkylation sites (tertiary alicyclic amines) is 1. The molecule has 2 aromatic rings. The first-order chi connectivity index (χ1) is 12.9. The third-order valence-corrected chi connectivity index (χ3v) is 5.83. The molecule has 0 aromatic heterocycles. The van der Waals surface area contributed by atoms with Gasteiger partial charge in [-0.05, 0) is 23.6 Å². The summed E-state index contributed by atoms with van der Waals surface area (Å²) in [6.45, 7) is 1.31. The topological polar surface area (TPSA) is 110 Å². The van der Waals surface area contributed by atoms with E-state index in [9.17, 15) is 23.3 Å². The lowest BCUT2D eigenvalue weighted by molar-refractivity contribution is -0.387. The highest BCUT2D eigenvalue weighted by molar-refractivity contribution is 7.89. The molecule has 9 heteroatoms. The molecule has 1 amide bonds. The number of hydrogen-bond donors (Lipinski definition) is 1. The molecule has 0 saturated carbocycles. The maximum atomic E-state index is 12.4. The molecule has 0 unspecified atom stereocenters. The highest BCUT2D eigenvalue weighted by Crippen LogP contribution is 2.23. The summed E-state index contributed by atoms with van der Waals surface area (Å²) in [5.74, 6) is 0.149. The molecule has 1 saturated heterocycles. The maximum absolute atomic E-state index is 12.4. The number of nitro groups is 1. The van der Waals surface area contributed by atoms with Gasteiger partial charge in [0, 0.05) is 32.1 Å². The number of hydrogen-bond acceptors (Lipinski definition) is 5. The zero-order chi connectivity index (χ0) is 19.4. The predicted molar refractivity (Wildman–Crippen MR) is 98.2 cm³/mol. The summed E-state index contributed by atoms with van der Waals surface area (Å²) in [5.41, 5.74) is 1.22. The van der Waals surface area contributed by atoms with E-state index in [0.717, 1.165) is 24.6 Å². The number of nitrogens with one attached hydrogen (secondary N) is 1. The van der Waals surface area contributed by atoms with Crippen molar-refractivity contribution in [3.63, 3.8) is 0 Å². The Kier molecular flexibility index (Phi) is 5.52. The molecule has 1 fully saturated rings. The third kappa shape index (κ3) is 4.50. The normalized spacial score (nSPS) is 14.5. The van der Waals surface area contributed by atoms with Crippen LogP contribution in [0.4, 0.5) is 5.69 Å². The molecule has 3 rings (SSSR count). The van der Waals surface area contributed by atoms with E-state index in [-0.39, 0.29) is 17.3 Å². The van der Waals surface area contributed by atoms with Crippen LogP contribution in [0.2, 0.25) is 0 Å². The number of amides is 1. The van der Waals surface area contributed by atoms with Crippen LogP contribution in [0.3, 0.4) is 0 Å². The lowest BCUT2D eigenvalue weighted by Gasteiger charge is -2.15. The van der Waals surface area contributed by atoms with Crippen molar-refractivity contribution in [3.05, 3.63) is 69.8 Å². The molecule has 1 N–H and O–H groups in total. The Balaban J connectivity index is 1.66. The summed E-state index contributed by atoms with van der Waals surface area (Å²) in [5, 5.41) is 11.0. The Hall–Kier alpha value is -2.78. The lowest BCUT2D eigenvalue weighted by atomic mass is 10.1. The van der Waals surface area contributed by atoms with Crippen LogP contribution in [-0.4, -0.2) is 30.7 Å². The maximum Gasteiger partial charge on any atom is 0.289 e. The smallest absolute Gasteiger partial charge is 0.289 e. The second-order valence-corrected chi connectivity index (χ2v) is 8.02. The molecule has 8 nitrogen and oxygen atoms in total. The highest BCUT2D eigenvalue weighted by atomic mass is 32.2. The Morgan fingerprint density at radius 1 is 1.07 bits per heavy atom. The van der Waals surface area contributed by atoms with Crippen LogP contribution in [0.5, 0.6) is 0 Å². The Morgan fingerprint density at radius 2 is 1.74 bits per heavy atom. The van der Waals surface area contributed by atoms with Crippen LogP contribution in [0.15, 0.2) is 53.4 Å². The van der Waals surface area contributed by atoms with Crippen LogP contribution in [0.25, 0.3) is 0 Å². The van der Waals surface area contributed by atoms with Gasteiger partial charge in [-0.3, -0.25) is 14.9 Å². The van der Waals surface area contributed by atoms with Crippen LogP contribution in [0.1, 0.15) is 24.0 Å². The van der Waals surface area contributed by atoms with Gasteiger partial charge in [0.2, 0.25) is 15.9 Å². The van der Waals surface area contributed by atoms with Gasteiger partial charge in [0.25, 0.3) is 5.69 Å².